The van der Waals surface area contributed by atoms with Crippen molar-refractivity contribution < 1.29 is 14.3 Å². The van der Waals surface area contributed by atoms with Gasteiger partial charge in [0.25, 0.3) is 0 Å². The van der Waals surface area contributed by atoms with Crippen LogP contribution in [0, 0.1) is 6.92 Å². The molecule has 2 aromatic rings. The van der Waals surface area contributed by atoms with Gasteiger partial charge in [0, 0.05) is 12.1 Å². The van der Waals surface area contributed by atoms with Gasteiger partial charge in [-0.25, -0.2) is 4.98 Å². The number of aryl methyl sites for hydroxylation is 1. The fraction of sp³-hybridized carbons (Fsp3) is 0.381. The van der Waals surface area contributed by atoms with Gasteiger partial charge in [0.1, 0.15) is 12.3 Å². The van der Waals surface area contributed by atoms with E-state index in [0.29, 0.717) is 26.2 Å². The average molecular weight is 367 g/mol. The van der Waals surface area contributed by atoms with E-state index in [-0.39, 0.29) is 0 Å². The number of nitrogens with zero attached hydrogens (tertiary/aromatic N) is 3. The summed E-state index contributed by atoms with van der Waals surface area (Å²) >= 11 is 0. The molecule has 6 nitrogen and oxygen atoms in total. The van der Waals surface area contributed by atoms with Crippen molar-refractivity contribution in [2.75, 3.05) is 19.8 Å². The van der Waals surface area contributed by atoms with Gasteiger partial charge < -0.3 is 14.3 Å². The van der Waals surface area contributed by atoms with E-state index in [1.807, 2.05) is 57.2 Å². The van der Waals surface area contributed by atoms with Crippen LogP contribution < -0.4 is 0 Å². The highest BCUT2D eigenvalue weighted by Gasteiger charge is 2.34. The SMILES string of the molecule is C=C(CCO/N=C(\C)c1cccc(C)n1)c1cccc(C2(C)OCCO2)n1. The zero-order valence-corrected chi connectivity index (χ0v) is 16.1. The molecule has 0 spiro atoms. The Labute approximate surface area is 159 Å². The summed E-state index contributed by atoms with van der Waals surface area (Å²) < 4.78 is 11.3. The van der Waals surface area contributed by atoms with Crippen LogP contribution in [-0.4, -0.2) is 35.5 Å². The number of aromatic nitrogens is 2. The summed E-state index contributed by atoms with van der Waals surface area (Å²) in [5.41, 5.74) is 4.93. The Hall–Kier alpha value is -2.57. The molecule has 142 valence electrons. The molecule has 0 radical (unpaired) electrons. The Kier molecular flexibility index (Phi) is 5.98. The molecule has 0 aromatic carbocycles. The van der Waals surface area contributed by atoms with E-state index in [4.69, 9.17) is 14.3 Å². The number of oxime groups is 1. The van der Waals surface area contributed by atoms with Crippen LogP contribution in [0.2, 0.25) is 0 Å². The lowest BCUT2D eigenvalue weighted by Gasteiger charge is -2.22. The highest BCUT2D eigenvalue weighted by atomic mass is 16.7. The van der Waals surface area contributed by atoms with Crippen molar-refractivity contribution in [1.82, 2.24) is 9.97 Å². The minimum absolute atomic E-state index is 0.415. The Morgan fingerprint density at radius 1 is 1.15 bits per heavy atom. The summed E-state index contributed by atoms with van der Waals surface area (Å²) in [6, 6.07) is 11.6. The third kappa shape index (κ3) is 4.78. The number of pyridine rings is 2. The molecule has 0 unspecified atom stereocenters. The molecule has 0 amide bonds. The maximum absolute atomic E-state index is 5.67. The summed E-state index contributed by atoms with van der Waals surface area (Å²) in [5, 5.41) is 4.15. The van der Waals surface area contributed by atoms with Gasteiger partial charge in [-0.3, -0.25) is 4.98 Å². The number of rotatable bonds is 7. The van der Waals surface area contributed by atoms with Crippen LogP contribution in [0.4, 0.5) is 0 Å². The van der Waals surface area contributed by atoms with E-state index in [2.05, 4.69) is 21.7 Å². The van der Waals surface area contributed by atoms with Crippen molar-refractivity contribution in [2.24, 2.45) is 5.16 Å². The second-order valence-electron chi connectivity index (χ2n) is 6.58. The minimum atomic E-state index is -0.783. The first-order valence-electron chi connectivity index (χ1n) is 9.02. The largest absolute Gasteiger partial charge is 0.395 e. The lowest BCUT2D eigenvalue weighted by molar-refractivity contribution is -0.152. The van der Waals surface area contributed by atoms with Crippen molar-refractivity contribution in [2.45, 2.75) is 33.0 Å². The van der Waals surface area contributed by atoms with Gasteiger partial charge in [-0.15, -0.1) is 0 Å². The van der Waals surface area contributed by atoms with E-state index < -0.39 is 5.79 Å². The summed E-state index contributed by atoms with van der Waals surface area (Å²) in [6.45, 7) is 11.4. The standard InChI is InChI=1S/C21H25N3O3/c1-15(11-12-27-24-17(3)19-9-5-7-16(2)22-19)18-8-6-10-20(23-18)21(4)25-13-14-26-21/h5-10H,1,11-14H2,2-4H3/b24-17+. The molecule has 27 heavy (non-hydrogen) atoms. The van der Waals surface area contributed by atoms with Crippen molar-refractivity contribution >= 4 is 11.3 Å². The maximum Gasteiger partial charge on any atom is 0.209 e. The fourth-order valence-corrected chi connectivity index (χ4v) is 2.78. The monoisotopic (exact) mass is 367 g/mol. The third-order valence-electron chi connectivity index (χ3n) is 4.37. The molecule has 0 saturated carbocycles. The average Bonchev–Trinajstić information content (AvgIpc) is 3.13. The van der Waals surface area contributed by atoms with E-state index in [0.717, 1.165) is 34.1 Å². The van der Waals surface area contributed by atoms with Crippen LogP contribution in [0.25, 0.3) is 5.57 Å². The van der Waals surface area contributed by atoms with Gasteiger partial charge in [0.15, 0.2) is 0 Å². The van der Waals surface area contributed by atoms with Crippen LogP contribution in [0.3, 0.4) is 0 Å². The number of ether oxygens (including phenoxy) is 2. The van der Waals surface area contributed by atoms with Gasteiger partial charge in [-0.2, -0.15) is 0 Å². The Balaban J connectivity index is 1.56. The molecular weight excluding hydrogens is 342 g/mol. The quantitative estimate of drug-likeness (QED) is 0.422. The summed E-state index contributed by atoms with van der Waals surface area (Å²) in [7, 11) is 0. The molecule has 0 aliphatic carbocycles. The van der Waals surface area contributed by atoms with Crippen LogP contribution in [0.1, 0.15) is 43.0 Å². The molecule has 2 aromatic heterocycles. The summed E-state index contributed by atoms with van der Waals surface area (Å²) in [4.78, 5) is 14.5. The molecule has 1 saturated heterocycles. The lowest BCUT2D eigenvalue weighted by atomic mass is 10.1. The Morgan fingerprint density at radius 2 is 1.85 bits per heavy atom. The topological polar surface area (TPSA) is 65.8 Å². The first kappa shape index (κ1) is 19.2. The summed E-state index contributed by atoms with van der Waals surface area (Å²) in [5.74, 6) is -0.783. The van der Waals surface area contributed by atoms with Crippen LogP contribution in [0.5, 0.6) is 0 Å². The number of hydrogen-bond donors (Lipinski definition) is 0. The molecule has 3 rings (SSSR count). The summed E-state index contributed by atoms with van der Waals surface area (Å²) in [6.07, 6.45) is 0.618. The lowest BCUT2D eigenvalue weighted by Crippen LogP contribution is -2.24. The van der Waals surface area contributed by atoms with Gasteiger partial charge in [0.05, 0.1) is 30.3 Å². The molecule has 0 atom stereocenters. The zero-order chi connectivity index (χ0) is 19.3. The third-order valence-corrected chi connectivity index (χ3v) is 4.37. The van der Waals surface area contributed by atoms with Gasteiger partial charge in [-0.05, 0) is 50.6 Å². The predicted molar refractivity (Wildman–Crippen MR) is 104 cm³/mol. The van der Waals surface area contributed by atoms with Gasteiger partial charge in [-0.1, -0.05) is 23.9 Å². The van der Waals surface area contributed by atoms with Gasteiger partial charge >= 0.3 is 0 Å². The highest BCUT2D eigenvalue weighted by molar-refractivity contribution is 5.96. The first-order chi connectivity index (χ1) is 13.0. The Morgan fingerprint density at radius 3 is 2.59 bits per heavy atom. The van der Waals surface area contributed by atoms with Crippen molar-refractivity contribution in [3.05, 3.63) is 65.8 Å². The molecule has 1 aliphatic rings. The van der Waals surface area contributed by atoms with Gasteiger partial charge in [0.2, 0.25) is 5.79 Å². The molecule has 6 heteroatoms. The normalized spacial score (nSPS) is 16.3. The first-order valence-corrected chi connectivity index (χ1v) is 9.02. The van der Waals surface area contributed by atoms with E-state index >= 15 is 0 Å². The minimum Gasteiger partial charge on any atom is -0.395 e. The molecule has 1 aliphatic heterocycles. The second kappa shape index (κ2) is 8.41. The van der Waals surface area contributed by atoms with Crippen molar-refractivity contribution in [3.63, 3.8) is 0 Å². The molecule has 3 heterocycles. The van der Waals surface area contributed by atoms with Crippen LogP contribution in [0.15, 0.2) is 48.1 Å². The molecule has 0 N–H and O–H groups in total. The Bertz CT molecular complexity index is 842. The van der Waals surface area contributed by atoms with E-state index in [1.54, 1.807) is 0 Å². The fourth-order valence-electron chi connectivity index (χ4n) is 2.78. The predicted octanol–water partition coefficient (Wildman–Crippen LogP) is 3.85. The second-order valence-corrected chi connectivity index (χ2v) is 6.58. The van der Waals surface area contributed by atoms with Crippen molar-refractivity contribution in [1.29, 1.82) is 0 Å². The van der Waals surface area contributed by atoms with Crippen LogP contribution in [-0.2, 0) is 20.1 Å². The molecule has 0 bridgehead atoms. The van der Waals surface area contributed by atoms with Crippen molar-refractivity contribution in [3.8, 4) is 0 Å². The smallest absolute Gasteiger partial charge is 0.209 e. The van der Waals surface area contributed by atoms with Crippen LogP contribution >= 0.6 is 0 Å². The van der Waals surface area contributed by atoms with E-state index in [9.17, 15) is 0 Å². The molecule has 1 fully saturated rings. The highest BCUT2D eigenvalue weighted by Crippen LogP contribution is 2.30. The maximum atomic E-state index is 5.67. The number of hydrogen-bond acceptors (Lipinski definition) is 6. The zero-order valence-electron chi connectivity index (χ0n) is 16.1. The van der Waals surface area contributed by atoms with E-state index in [1.165, 1.54) is 0 Å². The molecular formula is C21H25N3O3.